The Morgan fingerprint density at radius 2 is 1.78 bits per heavy atom. The smallest absolute Gasteiger partial charge is 0.317 e. The molecule has 1 saturated heterocycles. The van der Waals surface area contributed by atoms with E-state index in [1.165, 1.54) is 11.8 Å². The van der Waals surface area contributed by atoms with Gasteiger partial charge in [0, 0.05) is 12.1 Å². The van der Waals surface area contributed by atoms with E-state index in [-0.39, 0.29) is 5.97 Å². The van der Waals surface area contributed by atoms with Crippen LogP contribution in [-0.2, 0) is 9.53 Å². The molecule has 0 aliphatic carbocycles. The van der Waals surface area contributed by atoms with E-state index in [0.29, 0.717) is 23.0 Å². The van der Waals surface area contributed by atoms with Crippen LogP contribution < -0.4 is 14.2 Å². The highest BCUT2D eigenvalue weighted by atomic mass is 32.2. The Balaban J connectivity index is 2.46. The number of hydrogen-bond donors (Lipinski definition) is 0. The van der Waals surface area contributed by atoms with Gasteiger partial charge in [0.2, 0.25) is 0 Å². The fraction of sp³-hybridized carbons (Fsp3) is 0.417. The fourth-order valence-electron chi connectivity index (χ4n) is 1.74. The normalized spacial score (nSPS) is 18.4. The molecule has 0 spiro atoms. The maximum absolute atomic E-state index is 11.2. The minimum Gasteiger partial charge on any atom is -0.496 e. The van der Waals surface area contributed by atoms with E-state index in [9.17, 15) is 4.79 Å². The average Bonchev–Trinajstić information content (AvgIpc) is 2.83. The number of carbonyl (C=O) groups is 1. The molecule has 0 saturated carbocycles. The number of thioether (sulfide) groups is 1. The second kappa shape index (κ2) is 5.39. The Labute approximate surface area is 109 Å². The highest BCUT2D eigenvalue weighted by Gasteiger charge is 2.31. The van der Waals surface area contributed by atoms with Gasteiger partial charge in [0.25, 0.3) is 0 Å². The number of cyclic esters (lactones) is 1. The van der Waals surface area contributed by atoms with Crippen LogP contribution in [0.15, 0.2) is 12.1 Å². The standard InChI is InChI=1S/C12H14O5S/c1-14-7-4-8(15-2)11(9(5-7)16-3)12-17-10(13)6-18-12/h4-5,12H,6H2,1-3H3. The summed E-state index contributed by atoms with van der Waals surface area (Å²) in [6.07, 6.45) is 0. The quantitative estimate of drug-likeness (QED) is 0.780. The Hall–Kier alpha value is -1.56. The zero-order chi connectivity index (χ0) is 13.1. The molecule has 1 unspecified atom stereocenters. The van der Waals surface area contributed by atoms with Crippen LogP contribution in [0.5, 0.6) is 17.2 Å². The van der Waals surface area contributed by atoms with Crippen LogP contribution in [0.3, 0.4) is 0 Å². The molecule has 0 N–H and O–H groups in total. The van der Waals surface area contributed by atoms with Crippen LogP contribution in [0.4, 0.5) is 0 Å². The number of carbonyl (C=O) groups excluding carboxylic acids is 1. The topological polar surface area (TPSA) is 54.0 Å². The second-order valence-corrected chi connectivity index (χ2v) is 4.63. The summed E-state index contributed by atoms with van der Waals surface area (Å²) in [5, 5.41) is 0. The third-order valence-electron chi connectivity index (χ3n) is 2.58. The van der Waals surface area contributed by atoms with Crippen molar-refractivity contribution in [1.29, 1.82) is 0 Å². The number of esters is 1. The molecular weight excluding hydrogens is 256 g/mol. The van der Waals surface area contributed by atoms with Gasteiger partial charge in [-0.05, 0) is 0 Å². The van der Waals surface area contributed by atoms with Gasteiger partial charge in [0.05, 0.1) is 32.6 Å². The molecule has 2 rings (SSSR count). The summed E-state index contributed by atoms with van der Waals surface area (Å²) in [7, 11) is 4.68. The lowest BCUT2D eigenvalue weighted by Gasteiger charge is -2.18. The largest absolute Gasteiger partial charge is 0.496 e. The molecule has 0 amide bonds. The van der Waals surface area contributed by atoms with Gasteiger partial charge in [0.15, 0.2) is 5.44 Å². The first-order valence-corrected chi connectivity index (χ1v) is 6.35. The van der Waals surface area contributed by atoms with Gasteiger partial charge in [-0.15, -0.1) is 11.8 Å². The molecule has 1 aromatic rings. The highest BCUT2D eigenvalue weighted by Crippen LogP contribution is 2.46. The summed E-state index contributed by atoms with van der Waals surface area (Å²) in [6.45, 7) is 0. The highest BCUT2D eigenvalue weighted by molar-refractivity contribution is 8.00. The SMILES string of the molecule is COc1cc(OC)c(C2OC(=O)CS2)c(OC)c1. The van der Waals surface area contributed by atoms with E-state index in [1.54, 1.807) is 33.5 Å². The van der Waals surface area contributed by atoms with Gasteiger partial charge in [-0.2, -0.15) is 0 Å². The van der Waals surface area contributed by atoms with E-state index in [1.807, 2.05) is 0 Å². The van der Waals surface area contributed by atoms with Crippen LogP contribution >= 0.6 is 11.8 Å². The lowest BCUT2D eigenvalue weighted by molar-refractivity contribution is -0.140. The summed E-state index contributed by atoms with van der Waals surface area (Å²) in [5.41, 5.74) is 0.324. The molecule has 98 valence electrons. The van der Waals surface area contributed by atoms with E-state index < -0.39 is 5.44 Å². The van der Waals surface area contributed by atoms with Gasteiger partial charge in [-0.3, -0.25) is 4.79 Å². The first kappa shape index (κ1) is 12.9. The minimum atomic E-state index is -0.395. The van der Waals surface area contributed by atoms with Crippen molar-refractivity contribution < 1.29 is 23.7 Å². The molecule has 1 fully saturated rings. The molecule has 1 aliphatic heterocycles. The minimum absolute atomic E-state index is 0.232. The molecule has 0 radical (unpaired) electrons. The predicted molar refractivity (Wildman–Crippen MR) is 67.4 cm³/mol. The Kier molecular flexibility index (Phi) is 3.86. The number of rotatable bonds is 4. The summed E-state index contributed by atoms with van der Waals surface area (Å²) in [5.74, 6) is 1.90. The molecule has 0 bridgehead atoms. The van der Waals surface area contributed by atoms with E-state index in [4.69, 9.17) is 18.9 Å². The third kappa shape index (κ3) is 2.33. The Morgan fingerprint density at radius 3 is 2.17 bits per heavy atom. The average molecular weight is 270 g/mol. The van der Waals surface area contributed by atoms with Crippen LogP contribution in [0.2, 0.25) is 0 Å². The predicted octanol–water partition coefficient (Wildman–Crippen LogP) is 2.00. The van der Waals surface area contributed by atoms with E-state index in [0.717, 1.165) is 5.56 Å². The monoisotopic (exact) mass is 270 g/mol. The first-order valence-electron chi connectivity index (χ1n) is 5.30. The summed E-state index contributed by atoms with van der Waals surface area (Å²) in [6, 6.07) is 3.48. The molecule has 5 nitrogen and oxygen atoms in total. The number of methoxy groups -OCH3 is 3. The summed E-state index contributed by atoms with van der Waals surface area (Å²) >= 11 is 1.40. The van der Waals surface area contributed by atoms with Crippen molar-refractivity contribution in [2.24, 2.45) is 0 Å². The molecule has 1 aliphatic rings. The van der Waals surface area contributed by atoms with E-state index >= 15 is 0 Å². The van der Waals surface area contributed by atoms with Crippen molar-refractivity contribution in [1.82, 2.24) is 0 Å². The van der Waals surface area contributed by atoms with Crippen molar-refractivity contribution in [3.63, 3.8) is 0 Å². The maximum Gasteiger partial charge on any atom is 0.317 e. The van der Waals surface area contributed by atoms with Crippen LogP contribution in [-0.4, -0.2) is 33.1 Å². The number of hydrogen-bond acceptors (Lipinski definition) is 6. The van der Waals surface area contributed by atoms with Crippen molar-refractivity contribution >= 4 is 17.7 Å². The first-order chi connectivity index (χ1) is 8.69. The zero-order valence-electron chi connectivity index (χ0n) is 10.4. The molecule has 0 aromatic heterocycles. The van der Waals surface area contributed by atoms with Gasteiger partial charge < -0.3 is 18.9 Å². The third-order valence-corrected chi connectivity index (χ3v) is 3.62. The Bertz CT molecular complexity index is 435. The van der Waals surface area contributed by atoms with Crippen molar-refractivity contribution in [2.45, 2.75) is 5.44 Å². The molecule has 1 atom stereocenters. The van der Waals surface area contributed by atoms with Crippen molar-refractivity contribution in [3.8, 4) is 17.2 Å². The summed E-state index contributed by atoms with van der Waals surface area (Å²) < 4.78 is 21.0. The second-order valence-electron chi connectivity index (χ2n) is 3.58. The van der Waals surface area contributed by atoms with Crippen molar-refractivity contribution in [2.75, 3.05) is 27.1 Å². The van der Waals surface area contributed by atoms with Crippen LogP contribution in [0.1, 0.15) is 11.0 Å². The molecule has 6 heteroatoms. The van der Waals surface area contributed by atoms with Gasteiger partial charge >= 0.3 is 5.97 Å². The maximum atomic E-state index is 11.2. The van der Waals surface area contributed by atoms with Gasteiger partial charge in [-0.1, -0.05) is 0 Å². The molecule has 1 heterocycles. The molecule has 18 heavy (non-hydrogen) atoms. The summed E-state index contributed by atoms with van der Waals surface area (Å²) in [4.78, 5) is 11.2. The molecular formula is C12H14O5S. The van der Waals surface area contributed by atoms with Crippen LogP contribution in [0, 0.1) is 0 Å². The molecule has 1 aromatic carbocycles. The van der Waals surface area contributed by atoms with Crippen LogP contribution in [0.25, 0.3) is 0 Å². The lowest BCUT2D eigenvalue weighted by Crippen LogP contribution is -2.04. The Morgan fingerprint density at radius 1 is 1.17 bits per heavy atom. The number of ether oxygens (including phenoxy) is 4. The van der Waals surface area contributed by atoms with Crippen molar-refractivity contribution in [3.05, 3.63) is 17.7 Å². The number of benzene rings is 1. The van der Waals surface area contributed by atoms with E-state index in [2.05, 4.69) is 0 Å². The zero-order valence-corrected chi connectivity index (χ0v) is 11.2. The fourth-order valence-corrected chi connectivity index (χ4v) is 2.67. The lowest BCUT2D eigenvalue weighted by atomic mass is 10.1. The van der Waals surface area contributed by atoms with Gasteiger partial charge in [0.1, 0.15) is 17.2 Å². The van der Waals surface area contributed by atoms with Gasteiger partial charge in [-0.25, -0.2) is 0 Å².